The third kappa shape index (κ3) is 3.61. The predicted octanol–water partition coefficient (Wildman–Crippen LogP) is 2.57. The van der Waals surface area contributed by atoms with Crippen LogP contribution >= 0.6 is 11.3 Å². The zero-order chi connectivity index (χ0) is 16.3. The summed E-state index contributed by atoms with van der Waals surface area (Å²) in [6, 6.07) is 7.08. The van der Waals surface area contributed by atoms with E-state index in [1.165, 1.54) is 0 Å². The summed E-state index contributed by atoms with van der Waals surface area (Å²) in [6.45, 7) is 1.83. The third-order valence-corrected chi connectivity index (χ3v) is 4.32. The Bertz CT molecular complexity index is 678. The van der Waals surface area contributed by atoms with Gasteiger partial charge in [0.15, 0.2) is 5.78 Å². The van der Waals surface area contributed by atoms with Crippen molar-refractivity contribution in [2.24, 2.45) is 5.73 Å². The van der Waals surface area contributed by atoms with Crippen LogP contribution in [0.1, 0.15) is 33.1 Å². The number of nitrogens with two attached hydrogens (primary N) is 1. The second-order valence-corrected chi connectivity index (χ2v) is 6.36. The molecule has 1 heterocycles. The molecule has 0 radical (unpaired) electrons. The minimum absolute atomic E-state index is 0.134. The van der Waals surface area contributed by atoms with E-state index in [1.807, 2.05) is 48.8 Å². The number of carbonyl (C=O) groups excluding carboxylic acids is 2. The number of nitrogens with zero attached hydrogens (tertiary/aromatic N) is 1. The van der Waals surface area contributed by atoms with Crippen molar-refractivity contribution in [1.29, 1.82) is 0 Å². The maximum absolute atomic E-state index is 12.7. The molecule has 2 aromatic rings. The summed E-state index contributed by atoms with van der Waals surface area (Å²) in [4.78, 5) is 25.8. The van der Waals surface area contributed by atoms with Crippen LogP contribution in [0.2, 0.25) is 0 Å². The fourth-order valence-corrected chi connectivity index (χ4v) is 3.29. The number of hydrogen-bond donors (Lipinski definition) is 1. The number of primary amides is 1. The molecule has 0 aliphatic rings. The highest BCUT2D eigenvalue weighted by Crippen LogP contribution is 2.24. The molecule has 2 N–H and O–H groups in total. The summed E-state index contributed by atoms with van der Waals surface area (Å²) in [5, 5.41) is 3.98. The fourth-order valence-electron chi connectivity index (χ4n) is 2.61. The SMILES string of the molecule is Cc1cc(CC(=O)C(c2ccsc2)N(C)C)ccc1C(N)=O. The molecule has 1 unspecified atom stereocenters. The summed E-state index contributed by atoms with van der Waals surface area (Å²) in [6.07, 6.45) is 0.332. The first kappa shape index (κ1) is 16.4. The Balaban J connectivity index is 2.20. The second-order valence-electron chi connectivity index (χ2n) is 5.58. The zero-order valence-corrected chi connectivity index (χ0v) is 13.8. The molecule has 1 amide bonds. The molecule has 0 aliphatic carbocycles. The number of likely N-dealkylation sites (N-methyl/N-ethyl adjacent to an activating group) is 1. The van der Waals surface area contributed by atoms with Crippen LogP contribution in [0.4, 0.5) is 0 Å². The molecular formula is C17H20N2O2S. The highest BCUT2D eigenvalue weighted by Gasteiger charge is 2.23. The van der Waals surface area contributed by atoms with Gasteiger partial charge in [-0.05, 0) is 60.6 Å². The Labute approximate surface area is 134 Å². The van der Waals surface area contributed by atoms with Crippen LogP contribution in [0, 0.1) is 6.92 Å². The average Bonchev–Trinajstić information content (AvgIpc) is 2.91. The first-order chi connectivity index (χ1) is 10.4. The van der Waals surface area contributed by atoms with Gasteiger partial charge in [-0.3, -0.25) is 14.5 Å². The number of aryl methyl sites for hydroxylation is 1. The largest absolute Gasteiger partial charge is 0.366 e. The molecule has 1 aromatic heterocycles. The quantitative estimate of drug-likeness (QED) is 0.891. The number of hydrogen-bond acceptors (Lipinski definition) is 4. The molecule has 0 fully saturated rings. The van der Waals surface area contributed by atoms with E-state index < -0.39 is 5.91 Å². The Hall–Kier alpha value is -1.98. The molecule has 2 rings (SSSR count). The van der Waals surface area contributed by atoms with Crippen LogP contribution in [0.3, 0.4) is 0 Å². The fraction of sp³-hybridized carbons (Fsp3) is 0.294. The maximum atomic E-state index is 12.7. The number of carbonyl (C=O) groups is 2. The predicted molar refractivity (Wildman–Crippen MR) is 89.2 cm³/mol. The summed E-state index contributed by atoms with van der Waals surface area (Å²) in [7, 11) is 3.81. The van der Waals surface area contributed by atoms with Gasteiger partial charge in [-0.15, -0.1) is 0 Å². The molecule has 22 heavy (non-hydrogen) atoms. The maximum Gasteiger partial charge on any atom is 0.248 e. The first-order valence-electron chi connectivity index (χ1n) is 7.00. The lowest BCUT2D eigenvalue weighted by Crippen LogP contribution is -2.28. The van der Waals surface area contributed by atoms with E-state index in [-0.39, 0.29) is 11.8 Å². The lowest BCUT2D eigenvalue weighted by Gasteiger charge is -2.22. The van der Waals surface area contributed by atoms with Crippen molar-refractivity contribution in [2.45, 2.75) is 19.4 Å². The van der Waals surface area contributed by atoms with Gasteiger partial charge in [0.2, 0.25) is 5.91 Å². The molecule has 1 atom stereocenters. The number of thiophene rings is 1. The van der Waals surface area contributed by atoms with Crippen molar-refractivity contribution in [1.82, 2.24) is 4.90 Å². The van der Waals surface area contributed by atoms with Gasteiger partial charge < -0.3 is 5.73 Å². The molecule has 0 aliphatic heterocycles. The topological polar surface area (TPSA) is 63.4 Å². The van der Waals surface area contributed by atoms with E-state index in [4.69, 9.17) is 5.73 Å². The average molecular weight is 316 g/mol. The van der Waals surface area contributed by atoms with Gasteiger partial charge in [0.1, 0.15) is 0 Å². The molecule has 0 saturated heterocycles. The van der Waals surface area contributed by atoms with Gasteiger partial charge in [0, 0.05) is 12.0 Å². The summed E-state index contributed by atoms with van der Waals surface area (Å²) in [5.74, 6) is -0.311. The Morgan fingerprint density at radius 3 is 2.50 bits per heavy atom. The van der Waals surface area contributed by atoms with Crippen molar-refractivity contribution in [3.8, 4) is 0 Å². The smallest absolute Gasteiger partial charge is 0.248 e. The summed E-state index contributed by atoms with van der Waals surface area (Å²) < 4.78 is 0. The van der Waals surface area contributed by atoms with Gasteiger partial charge in [0.25, 0.3) is 0 Å². The van der Waals surface area contributed by atoms with E-state index in [1.54, 1.807) is 23.5 Å². The number of Topliss-reactive ketones (excluding diaryl/α,β-unsaturated/α-hetero) is 1. The minimum Gasteiger partial charge on any atom is -0.366 e. The first-order valence-corrected chi connectivity index (χ1v) is 7.95. The van der Waals surface area contributed by atoms with Crippen LogP contribution < -0.4 is 5.73 Å². The lowest BCUT2D eigenvalue weighted by molar-refractivity contribution is -0.123. The van der Waals surface area contributed by atoms with Crippen molar-refractivity contribution in [2.75, 3.05) is 14.1 Å². The van der Waals surface area contributed by atoms with Crippen LogP contribution in [0.5, 0.6) is 0 Å². The Morgan fingerprint density at radius 2 is 2.00 bits per heavy atom. The van der Waals surface area contributed by atoms with Gasteiger partial charge in [-0.25, -0.2) is 0 Å². The third-order valence-electron chi connectivity index (χ3n) is 3.61. The summed E-state index contributed by atoms with van der Waals surface area (Å²) in [5.41, 5.74) is 8.52. The van der Waals surface area contributed by atoms with Crippen LogP contribution in [0.25, 0.3) is 0 Å². The van der Waals surface area contributed by atoms with E-state index in [0.717, 1.165) is 16.7 Å². The van der Waals surface area contributed by atoms with Crippen molar-refractivity contribution < 1.29 is 9.59 Å². The van der Waals surface area contributed by atoms with Crippen molar-refractivity contribution in [3.05, 3.63) is 57.3 Å². The standard InChI is InChI=1S/C17H20N2O2S/c1-11-8-12(4-5-14(11)17(18)21)9-15(20)16(19(2)3)13-6-7-22-10-13/h4-8,10,16H,9H2,1-3H3,(H2,18,21). The van der Waals surface area contributed by atoms with E-state index in [2.05, 4.69) is 0 Å². The molecular weight excluding hydrogens is 296 g/mol. The minimum atomic E-state index is -0.445. The Morgan fingerprint density at radius 1 is 1.27 bits per heavy atom. The van der Waals surface area contributed by atoms with Crippen LogP contribution in [-0.2, 0) is 11.2 Å². The summed E-state index contributed by atoms with van der Waals surface area (Å²) >= 11 is 1.59. The molecule has 1 aromatic carbocycles. The van der Waals surface area contributed by atoms with Gasteiger partial charge in [-0.2, -0.15) is 11.3 Å². The van der Waals surface area contributed by atoms with Crippen molar-refractivity contribution in [3.63, 3.8) is 0 Å². The van der Waals surface area contributed by atoms with Crippen LogP contribution in [0.15, 0.2) is 35.0 Å². The van der Waals surface area contributed by atoms with E-state index in [9.17, 15) is 9.59 Å². The Kier molecular flexibility index (Phi) is 5.11. The normalized spacial score (nSPS) is 12.4. The van der Waals surface area contributed by atoms with Crippen molar-refractivity contribution >= 4 is 23.0 Å². The molecule has 5 heteroatoms. The molecule has 4 nitrogen and oxygen atoms in total. The number of ketones is 1. The zero-order valence-electron chi connectivity index (χ0n) is 13.0. The highest BCUT2D eigenvalue weighted by molar-refractivity contribution is 7.08. The molecule has 116 valence electrons. The van der Waals surface area contributed by atoms with Gasteiger partial charge in [-0.1, -0.05) is 12.1 Å². The second kappa shape index (κ2) is 6.85. The lowest BCUT2D eigenvalue weighted by atomic mass is 9.96. The number of benzene rings is 1. The van der Waals surface area contributed by atoms with E-state index >= 15 is 0 Å². The molecule has 0 saturated carbocycles. The number of amides is 1. The monoisotopic (exact) mass is 316 g/mol. The van der Waals surface area contributed by atoms with Crippen LogP contribution in [-0.4, -0.2) is 30.7 Å². The highest BCUT2D eigenvalue weighted by atomic mass is 32.1. The van der Waals surface area contributed by atoms with Gasteiger partial charge >= 0.3 is 0 Å². The molecule has 0 bridgehead atoms. The molecule has 0 spiro atoms. The van der Waals surface area contributed by atoms with E-state index in [0.29, 0.717) is 12.0 Å². The van der Waals surface area contributed by atoms with Gasteiger partial charge in [0.05, 0.1) is 6.04 Å². The number of rotatable bonds is 6.